The van der Waals surface area contributed by atoms with Gasteiger partial charge in [-0.1, -0.05) is 30.3 Å². The van der Waals surface area contributed by atoms with Gasteiger partial charge in [-0.2, -0.15) is 0 Å². The van der Waals surface area contributed by atoms with E-state index in [1.165, 1.54) is 0 Å². The fourth-order valence-corrected chi connectivity index (χ4v) is 1.46. The van der Waals surface area contributed by atoms with Crippen LogP contribution in [-0.2, 0) is 0 Å². The fourth-order valence-electron chi connectivity index (χ4n) is 1.46. The van der Waals surface area contributed by atoms with Crippen LogP contribution in [0, 0.1) is 5.92 Å². The highest BCUT2D eigenvalue weighted by molar-refractivity contribution is 5.18. The Kier molecular flexibility index (Phi) is 2.11. The second-order valence-electron chi connectivity index (χ2n) is 3.27. The summed E-state index contributed by atoms with van der Waals surface area (Å²) < 4.78 is 0. The summed E-state index contributed by atoms with van der Waals surface area (Å²) in [5.41, 5.74) is 1.03. The molecule has 0 unspecified atom stereocenters. The number of hydrogen-bond acceptors (Lipinski definition) is 2. The van der Waals surface area contributed by atoms with Crippen molar-refractivity contribution in [3.8, 4) is 0 Å². The highest BCUT2D eigenvalue weighted by atomic mass is 16.3. The van der Waals surface area contributed by atoms with E-state index in [9.17, 15) is 5.11 Å². The standard InChI is InChI=1S/C10H13NO/c12-10(9-6-11-7-9)8-4-2-1-3-5-8/h1-5,9-12H,6-7H2/t10-/m0/s1. The molecule has 0 aliphatic carbocycles. The van der Waals surface area contributed by atoms with E-state index in [1.54, 1.807) is 0 Å². The number of benzene rings is 1. The number of aliphatic hydroxyl groups is 1. The summed E-state index contributed by atoms with van der Waals surface area (Å²) in [5, 5.41) is 13.0. The van der Waals surface area contributed by atoms with E-state index in [2.05, 4.69) is 5.32 Å². The van der Waals surface area contributed by atoms with Crippen LogP contribution in [0.2, 0.25) is 0 Å². The number of rotatable bonds is 2. The predicted octanol–water partition coefficient (Wildman–Crippen LogP) is 0.939. The molecule has 1 saturated heterocycles. The van der Waals surface area contributed by atoms with Gasteiger partial charge in [0.25, 0.3) is 0 Å². The molecule has 64 valence electrons. The van der Waals surface area contributed by atoms with Crippen molar-refractivity contribution in [2.24, 2.45) is 5.92 Å². The van der Waals surface area contributed by atoms with Crippen LogP contribution in [0.1, 0.15) is 11.7 Å². The normalized spacial score (nSPS) is 20.1. The van der Waals surface area contributed by atoms with E-state index >= 15 is 0 Å². The zero-order chi connectivity index (χ0) is 8.39. The first-order valence-corrected chi connectivity index (χ1v) is 4.31. The van der Waals surface area contributed by atoms with E-state index in [-0.39, 0.29) is 6.10 Å². The topological polar surface area (TPSA) is 32.3 Å². The van der Waals surface area contributed by atoms with Crippen LogP contribution < -0.4 is 5.32 Å². The Morgan fingerprint density at radius 3 is 2.42 bits per heavy atom. The van der Waals surface area contributed by atoms with Crippen LogP contribution >= 0.6 is 0 Å². The van der Waals surface area contributed by atoms with Gasteiger partial charge in [0.05, 0.1) is 6.10 Å². The summed E-state index contributed by atoms with van der Waals surface area (Å²) in [6, 6.07) is 9.84. The molecule has 12 heavy (non-hydrogen) atoms. The van der Waals surface area contributed by atoms with Gasteiger partial charge in [-0.3, -0.25) is 0 Å². The van der Waals surface area contributed by atoms with Crippen LogP contribution in [0.4, 0.5) is 0 Å². The Hall–Kier alpha value is -0.860. The molecule has 2 rings (SSSR count). The smallest absolute Gasteiger partial charge is 0.0842 e. The molecule has 0 amide bonds. The highest BCUT2D eigenvalue weighted by Crippen LogP contribution is 2.24. The van der Waals surface area contributed by atoms with Crippen molar-refractivity contribution in [3.05, 3.63) is 35.9 Å². The summed E-state index contributed by atoms with van der Waals surface area (Å²) in [6.45, 7) is 1.88. The first-order valence-electron chi connectivity index (χ1n) is 4.31. The van der Waals surface area contributed by atoms with Crippen LogP contribution in [0.15, 0.2) is 30.3 Å². The van der Waals surface area contributed by atoms with Gasteiger partial charge in [0, 0.05) is 19.0 Å². The Balaban J connectivity index is 2.08. The van der Waals surface area contributed by atoms with Gasteiger partial charge in [-0.15, -0.1) is 0 Å². The van der Waals surface area contributed by atoms with Crippen molar-refractivity contribution >= 4 is 0 Å². The summed E-state index contributed by atoms with van der Waals surface area (Å²) in [5.74, 6) is 0.410. The van der Waals surface area contributed by atoms with E-state index < -0.39 is 0 Å². The van der Waals surface area contributed by atoms with Gasteiger partial charge in [0.15, 0.2) is 0 Å². The van der Waals surface area contributed by atoms with Crippen LogP contribution in [-0.4, -0.2) is 18.2 Å². The van der Waals surface area contributed by atoms with Gasteiger partial charge in [0.2, 0.25) is 0 Å². The summed E-state index contributed by atoms with van der Waals surface area (Å²) in [4.78, 5) is 0. The third-order valence-corrected chi connectivity index (χ3v) is 2.40. The van der Waals surface area contributed by atoms with E-state index in [1.807, 2.05) is 30.3 Å². The van der Waals surface area contributed by atoms with Gasteiger partial charge in [0.1, 0.15) is 0 Å². The molecule has 1 heterocycles. The molecule has 1 atom stereocenters. The quantitative estimate of drug-likeness (QED) is 0.680. The van der Waals surface area contributed by atoms with E-state index in [4.69, 9.17) is 0 Å². The minimum atomic E-state index is -0.285. The lowest BCUT2D eigenvalue weighted by Crippen LogP contribution is -2.45. The fraction of sp³-hybridized carbons (Fsp3) is 0.400. The highest BCUT2D eigenvalue weighted by Gasteiger charge is 2.25. The van der Waals surface area contributed by atoms with Gasteiger partial charge < -0.3 is 10.4 Å². The zero-order valence-corrected chi connectivity index (χ0v) is 6.90. The molecule has 1 aromatic rings. The molecule has 1 aliphatic heterocycles. The summed E-state index contributed by atoms with van der Waals surface area (Å²) in [6.07, 6.45) is -0.285. The number of nitrogens with one attached hydrogen (secondary N) is 1. The lowest BCUT2D eigenvalue weighted by molar-refractivity contribution is 0.0767. The third-order valence-electron chi connectivity index (χ3n) is 2.40. The SMILES string of the molecule is O[C@@H](c1ccccc1)C1CNC1. The second kappa shape index (κ2) is 3.25. The van der Waals surface area contributed by atoms with E-state index in [0.717, 1.165) is 18.7 Å². The Morgan fingerprint density at radius 2 is 1.92 bits per heavy atom. The van der Waals surface area contributed by atoms with Crippen molar-refractivity contribution in [2.45, 2.75) is 6.10 Å². The van der Waals surface area contributed by atoms with Crippen LogP contribution in [0.5, 0.6) is 0 Å². The maximum Gasteiger partial charge on any atom is 0.0842 e. The van der Waals surface area contributed by atoms with Crippen molar-refractivity contribution in [1.82, 2.24) is 5.32 Å². The second-order valence-corrected chi connectivity index (χ2v) is 3.27. The molecule has 0 aromatic heterocycles. The molecule has 1 fully saturated rings. The molecule has 0 spiro atoms. The molecule has 2 heteroatoms. The largest absolute Gasteiger partial charge is 0.388 e. The monoisotopic (exact) mass is 163 g/mol. The molecular formula is C10H13NO. The molecule has 1 aromatic carbocycles. The molecular weight excluding hydrogens is 150 g/mol. The van der Waals surface area contributed by atoms with Gasteiger partial charge >= 0.3 is 0 Å². The van der Waals surface area contributed by atoms with Crippen molar-refractivity contribution < 1.29 is 5.11 Å². The number of hydrogen-bond donors (Lipinski definition) is 2. The van der Waals surface area contributed by atoms with Gasteiger partial charge in [-0.05, 0) is 5.56 Å². The van der Waals surface area contributed by atoms with Crippen molar-refractivity contribution in [1.29, 1.82) is 0 Å². The average Bonchev–Trinajstić information content (AvgIpc) is 2.03. The molecule has 1 aliphatic rings. The molecule has 0 bridgehead atoms. The zero-order valence-electron chi connectivity index (χ0n) is 6.90. The Bertz CT molecular complexity index is 243. The first kappa shape index (κ1) is 7.77. The lowest BCUT2D eigenvalue weighted by Gasteiger charge is -2.31. The predicted molar refractivity (Wildman–Crippen MR) is 47.8 cm³/mol. The Labute approximate surface area is 72.2 Å². The van der Waals surface area contributed by atoms with Crippen molar-refractivity contribution in [2.75, 3.05) is 13.1 Å². The lowest BCUT2D eigenvalue weighted by atomic mass is 9.91. The molecule has 0 saturated carbocycles. The molecule has 0 radical (unpaired) electrons. The maximum atomic E-state index is 9.80. The van der Waals surface area contributed by atoms with Gasteiger partial charge in [-0.25, -0.2) is 0 Å². The summed E-state index contributed by atoms with van der Waals surface area (Å²) >= 11 is 0. The maximum absolute atomic E-state index is 9.80. The Morgan fingerprint density at radius 1 is 1.25 bits per heavy atom. The summed E-state index contributed by atoms with van der Waals surface area (Å²) in [7, 11) is 0. The average molecular weight is 163 g/mol. The minimum Gasteiger partial charge on any atom is -0.388 e. The minimum absolute atomic E-state index is 0.285. The number of aliphatic hydroxyl groups excluding tert-OH is 1. The first-order chi connectivity index (χ1) is 5.88. The van der Waals surface area contributed by atoms with E-state index in [0.29, 0.717) is 5.92 Å². The van der Waals surface area contributed by atoms with Crippen LogP contribution in [0.3, 0.4) is 0 Å². The molecule has 2 nitrogen and oxygen atoms in total. The van der Waals surface area contributed by atoms with Crippen molar-refractivity contribution in [3.63, 3.8) is 0 Å². The third kappa shape index (κ3) is 1.36. The van der Waals surface area contributed by atoms with Crippen LogP contribution in [0.25, 0.3) is 0 Å². The molecule has 2 N–H and O–H groups in total.